The Labute approximate surface area is 598 Å². The van der Waals surface area contributed by atoms with Crippen molar-refractivity contribution in [3.63, 3.8) is 0 Å². The Morgan fingerprint density at radius 2 is 0.372 bits per heavy atom. The summed E-state index contributed by atoms with van der Waals surface area (Å²) >= 11 is 0. The van der Waals surface area contributed by atoms with Crippen LogP contribution in [0, 0.1) is 5.92 Å². The van der Waals surface area contributed by atoms with Gasteiger partial charge in [-0.2, -0.15) is 0 Å². The molecule has 0 spiro atoms. The third-order valence-corrected chi connectivity index (χ3v) is 93.0. The average Bonchev–Trinajstić information content (AvgIpc) is 0.812. The molecule has 1 atom stereocenters. The molecule has 0 aromatic carbocycles. The number of hydrogen-bond acceptors (Lipinski definition) is 22. The predicted molar refractivity (Wildman–Crippen MR) is 435 cm³/mol. The van der Waals surface area contributed by atoms with Crippen LogP contribution >= 0.6 is 0 Å². The van der Waals surface area contributed by atoms with Crippen LogP contribution in [0.1, 0.15) is 26.7 Å². The Kier molecular flexibility index (Phi) is 35.2. The lowest BCUT2D eigenvalue weighted by Crippen LogP contribution is -2.63. The average molecular weight is 1700 g/mol. The number of carbonyl (C=O) groups is 1. The minimum absolute atomic E-state index is 0.0904. The molecule has 0 saturated carbocycles. The van der Waals surface area contributed by atoms with Gasteiger partial charge >= 0.3 is 169 Å². The van der Waals surface area contributed by atoms with E-state index in [9.17, 15) is 4.79 Å². The first-order chi connectivity index (χ1) is 40.5. The molecule has 0 rings (SSSR count). The molecule has 43 heteroatoms. The van der Waals surface area contributed by atoms with Crippen LogP contribution in [0.2, 0.25) is 288 Å². The van der Waals surface area contributed by atoms with Gasteiger partial charge in [-0.3, -0.25) is 4.79 Å². The Bertz CT molecular complexity index is 2390. The van der Waals surface area contributed by atoms with Gasteiger partial charge in [0.2, 0.25) is 0 Å². The van der Waals surface area contributed by atoms with E-state index in [-0.39, 0.29) is 11.9 Å². The van der Waals surface area contributed by atoms with Crippen molar-refractivity contribution in [3.05, 3.63) is 0 Å². The van der Waals surface area contributed by atoms with Crippen molar-refractivity contribution in [3.8, 4) is 0 Å². The van der Waals surface area contributed by atoms with Crippen LogP contribution in [0.3, 0.4) is 0 Å². The molecule has 0 aromatic heterocycles. The first kappa shape index (κ1) is 97.2. The standard InChI is InChI=1S/C51H144O22Si21/c1-46-50(2)51(52)53-48-47-49-75(6,7)55-77(10,11)57-79(14,15)59-81(18,19)61-83(22,23)63-85(26,27)65-87(30,31)67-89(34,35)69-91(38,39)71-93(42,43)73-94(44,45)72-92(40,41)70-90(36,37)68-88(32,33)66-86(28,29)64-84(24,25)62-82(20,21)60-80(16,17)58-78(12,13)56-76(8,9)54-74(3,4)5/h50H,46-49H2,1-45H3. The summed E-state index contributed by atoms with van der Waals surface area (Å²) in [5, 5.41) is 0. The first-order valence-corrected chi connectivity index (χ1v) is 93.7. The minimum atomic E-state index is -2.89. The number of hydrogen-bond donors (Lipinski definition) is 0. The Hall–Kier alpha value is 3.22. The van der Waals surface area contributed by atoms with Gasteiger partial charge in [-0.05, 0) is 300 Å². The van der Waals surface area contributed by atoms with E-state index in [1.165, 1.54) is 0 Å². The van der Waals surface area contributed by atoms with Crippen molar-refractivity contribution in [2.75, 3.05) is 6.61 Å². The number of rotatable bonds is 46. The molecule has 0 saturated heterocycles. The van der Waals surface area contributed by atoms with Crippen LogP contribution in [0.4, 0.5) is 0 Å². The van der Waals surface area contributed by atoms with Gasteiger partial charge in [0.1, 0.15) is 0 Å². The summed E-state index contributed by atoms with van der Waals surface area (Å²) in [6, 6.07) is 0.858. The van der Waals surface area contributed by atoms with Crippen LogP contribution in [-0.4, -0.2) is 192 Å². The van der Waals surface area contributed by atoms with Gasteiger partial charge in [0.15, 0.2) is 16.6 Å². The molecule has 564 valence electrons. The summed E-state index contributed by atoms with van der Waals surface area (Å²) in [4.78, 5) is 12.2. The van der Waals surface area contributed by atoms with E-state index in [0.717, 1.165) is 18.9 Å². The maximum Gasteiger partial charge on any atom is 0.314 e. The van der Waals surface area contributed by atoms with Crippen molar-refractivity contribution >= 4 is 185 Å². The van der Waals surface area contributed by atoms with Crippen LogP contribution in [-0.2, 0) is 91.8 Å². The molecule has 0 radical (unpaired) electrons. The zero-order valence-electron chi connectivity index (χ0n) is 68.4. The van der Waals surface area contributed by atoms with Crippen LogP contribution in [0.5, 0.6) is 0 Å². The molecule has 0 heterocycles. The monoisotopic (exact) mass is 1700 g/mol. The molecule has 0 aliphatic rings. The van der Waals surface area contributed by atoms with E-state index in [1.54, 1.807) is 0 Å². The van der Waals surface area contributed by atoms with E-state index >= 15 is 0 Å². The molecule has 0 aromatic rings. The first-order valence-electron chi connectivity index (χ1n) is 33.7. The molecule has 1 unspecified atom stereocenters. The van der Waals surface area contributed by atoms with Crippen molar-refractivity contribution in [1.82, 2.24) is 0 Å². The quantitative estimate of drug-likeness (QED) is 0.0315. The van der Waals surface area contributed by atoms with E-state index in [1.807, 2.05) is 13.8 Å². The highest BCUT2D eigenvalue weighted by Gasteiger charge is 2.55. The zero-order chi connectivity index (χ0) is 75.3. The van der Waals surface area contributed by atoms with E-state index < -0.39 is 179 Å². The highest BCUT2D eigenvalue weighted by Crippen LogP contribution is 2.36. The van der Waals surface area contributed by atoms with Gasteiger partial charge < -0.3 is 87.0 Å². The highest BCUT2D eigenvalue weighted by atomic mass is 28.6. The van der Waals surface area contributed by atoms with Crippen molar-refractivity contribution in [2.24, 2.45) is 5.92 Å². The van der Waals surface area contributed by atoms with Crippen molar-refractivity contribution in [2.45, 2.75) is 314 Å². The molecule has 0 bridgehead atoms. The van der Waals surface area contributed by atoms with Gasteiger partial charge in [0.25, 0.3) is 0 Å². The van der Waals surface area contributed by atoms with Gasteiger partial charge in [-0.15, -0.1) is 0 Å². The topological polar surface area (TPSA) is 211 Å². The second-order valence-electron chi connectivity index (χ2n) is 35.1. The van der Waals surface area contributed by atoms with E-state index in [4.69, 9.17) is 87.0 Å². The fourth-order valence-corrected chi connectivity index (χ4v) is 122. The summed E-state index contributed by atoms with van der Waals surface area (Å²) in [6.07, 6.45) is 1.53. The number of ether oxygens (including phenoxy) is 1. The number of carbonyl (C=O) groups excluding carboxylic acids is 1. The molecule has 0 amide bonds. The highest BCUT2D eigenvalue weighted by molar-refractivity contribution is 6.96. The second-order valence-corrected chi connectivity index (χ2v) is 113. The fourth-order valence-electron chi connectivity index (χ4n) is 13.5. The normalized spacial score (nSPS) is 16.1. The zero-order valence-corrected chi connectivity index (χ0v) is 89.4. The molecular weight excluding hydrogens is 1550 g/mol. The maximum atomic E-state index is 12.2. The smallest absolute Gasteiger partial charge is 0.314 e. The van der Waals surface area contributed by atoms with Gasteiger partial charge in [0, 0.05) is 0 Å². The Balaban J connectivity index is 5.81. The summed E-state index contributed by atoms with van der Waals surface area (Å²) in [7, 11) is -57.1. The van der Waals surface area contributed by atoms with Gasteiger partial charge in [-0.25, -0.2) is 0 Å². The number of esters is 1. The summed E-state index contributed by atoms with van der Waals surface area (Å²) in [5.74, 6) is -0.230. The van der Waals surface area contributed by atoms with Crippen LogP contribution in [0.25, 0.3) is 0 Å². The lowest BCUT2D eigenvalue weighted by molar-refractivity contribution is -0.148. The second kappa shape index (κ2) is 34.0. The fraction of sp³-hybridized carbons (Fsp3) is 0.980. The molecule has 22 nitrogen and oxygen atoms in total. The third kappa shape index (κ3) is 44.9. The Morgan fingerprint density at radius 3 is 0.511 bits per heavy atom. The van der Waals surface area contributed by atoms with Crippen LogP contribution in [0.15, 0.2) is 0 Å². The largest absolute Gasteiger partial charge is 0.465 e. The molecule has 0 aliphatic heterocycles. The lowest BCUT2D eigenvalue weighted by Gasteiger charge is -2.45. The summed E-state index contributed by atoms with van der Waals surface area (Å²) < 4.78 is 143. The molecule has 0 N–H and O–H groups in total. The van der Waals surface area contributed by atoms with Crippen LogP contribution < -0.4 is 0 Å². The lowest BCUT2D eigenvalue weighted by atomic mass is 10.1. The van der Waals surface area contributed by atoms with E-state index in [2.05, 4.69) is 282 Å². The van der Waals surface area contributed by atoms with Gasteiger partial charge in [-0.1, -0.05) is 13.8 Å². The summed E-state index contributed by atoms with van der Waals surface area (Å²) in [5.41, 5.74) is 0. The minimum Gasteiger partial charge on any atom is -0.465 e. The maximum absolute atomic E-state index is 12.2. The molecule has 94 heavy (non-hydrogen) atoms. The molecule has 0 fully saturated rings. The third-order valence-electron chi connectivity index (χ3n) is 12.1. The predicted octanol–water partition coefficient (Wildman–Crippen LogP) is 17.7. The van der Waals surface area contributed by atoms with Crippen molar-refractivity contribution in [1.29, 1.82) is 0 Å². The summed E-state index contributed by atoms with van der Waals surface area (Å²) in [6.45, 7) is 93.6. The molecule has 0 aliphatic carbocycles. The SMILES string of the molecule is CCC(C)C(=O)OCCC[Si](C)(C)O[Si](C)(C)O[Si](C)(C)O[Si](C)(C)O[Si](C)(C)O[Si](C)(C)O[Si](C)(C)O[Si](C)(C)O[Si](C)(C)O[Si](C)(C)O[Si](C)(C)O[Si](C)(C)O[Si](C)(C)O[Si](C)(C)O[Si](C)(C)O[Si](C)(C)O[Si](C)(C)O[Si](C)(C)O[Si](C)(C)O[Si](C)(C)O[Si](C)(C)C. The molecular formula is C51H144O22Si21. The van der Waals surface area contributed by atoms with Crippen molar-refractivity contribution < 1.29 is 91.8 Å². The Morgan fingerprint density at radius 1 is 0.234 bits per heavy atom. The van der Waals surface area contributed by atoms with E-state index in [0.29, 0.717) is 6.61 Å². The van der Waals surface area contributed by atoms with Gasteiger partial charge in [0.05, 0.1) is 12.5 Å².